The first kappa shape index (κ1) is 23.7. The molecule has 2 aliphatic heterocycles. The number of fused-ring (bicyclic) bond motifs is 2. The number of hydrogen-bond acceptors (Lipinski definition) is 7. The van der Waals surface area contributed by atoms with Crippen LogP contribution in [0.4, 0.5) is 24.8 Å². The lowest BCUT2D eigenvalue weighted by Gasteiger charge is -2.38. The van der Waals surface area contributed by atoms with Crippen molar-refractivity contribution in [2.24, 2.45) is 4.99 Å². The molecule has 186 valence electrons. The molecule has 1 saturated heterocycles. The normalized spacial score (nSPS) is 25.1. The Kier molecular flexibility index (Phi) is 6.22. The highest BCUT2D eigenvalue weighted by Crippen LogP contribution is 2.38. The quantitative estimate of drug-likeness (QED) is 0.503. The van der Waals surface area contributed by atoms with Crippen molar-refractivity contribution in [3.63, 3.8) is 0 Å². The maximum absolute atomic E-state index is 14.9. The summed E-state index contributed by atoms with van der Waals surface area (Å²) >= 11 is 0. The first-order chi connectivity index (χ1) is 16.7. The number of likely N-dealkylation sites (tertiary alicyclic amines) is 1. The third kappa shape index (κ3) is 4.87. The van der Waals surface area contributed by atoms with Gasteiger partial charge in [0.2, 0.25) is 6.43 Å². The van der Waals surface area contributed by atoms with E-state index in [2.05, 4.69) is 20.6 Å². The van der Waals surface area contributed by atoms with Gasteiger partial charge in [-0.1, -0.05) is 0 Å². The van der Waals surface area contributed by atoms with Crippen LogP contribution < -0.4 is 5.48 Å². The van der Waals surface area contributed by atoms with Crippen LogP contribution in [0.3, 0.4) is 0 Å². The zero-order valence-corrected chi connectivity index (χ0v) is 19.9. The van der Waals surface area contributed by atoms with Crippen molar-refractivity contribution in [2.75, 3.05) is 25.6 Å². The van der Waals surface area contributed by atoms with Gasteiger partial charge >= 0.3 is 0 Å². The number of aromatic nitrogens is 4. The fourth-order valence-corrected chi connectivity index (χ4v) is 4.94. The Balaban J connectivity index is 1.37. The minimum Gasteiger partial charge on any atom is -0.303 e. The Labute approximate surface area is 201 Å². The largest absolute Gasteiger partial charge is 0.303 e. The topological polar surface area (TPSA) is 79.9 Å². The van der Waals surface area contributed by atoms with Crippen LogP contribution in [-0.4, -0.2) is 68.5 Å². The second-order valence-electron chi connectivity index (χ2n) is 9.63. The average Bonchev–Trinajstić information content (AvgIpc) is 3.20. The Bertz CT molecular complexity index is 1260. The van der Waals surface area contributed by atoms with Gasteiger partial charge in [0.05, 0.1) is 28.8 Å². The SMILES string of the molecule is CC1=Nc2ccc(-c3ccn4nc(NO[C@@H]5CCN(C)CC5(C)F)ncc34)nc2C(CC(F)F)C1. The van der Waals surface area contributed by atoms with E-state index in [1.807, 2.05) is 37.1 Å². The van der Waals surface area contributed by atoms with Crippen LogP contribution in [0, 0.1) is 0 Å². The van der Waals surface area contributed by atoms with E-state index in [1.54, 1.807) is 16.9 Å². The van der Waals surface area contributed by atoms with Gasteiger partial charge < -0.3 is 4.90 Å². The summed E-state index contributed by atoms with van der Waals surface area (Å²) in [7, 11) is 1.88. The number of anilines is 1. The third-order valence-corrected chi connectivity index (χ3v) is 6.61. The summed E-state index contributed by atoms with van der Waals surface area (Å²) < 4.78 is 42.8. The molecule has 2 aliphatic rings. The van der Waals surface area contributed by atoms with E-state index < -0.39 is 18.2 Å². The fourth-order valence-electron chi connectivity index (χ4n) is 4.94. The van der Waals surface area contributed by atoms with Gasteiger partial charge in [-0.15, -0.1) is 5.10 Å². The Hall–Kier alpha value is -3.05. The lowest BCUT2D eigenvalue weighted by Crippen LogP contribution is -2.52. The van der Waals surface area contributed by atoms with Crippen LogP contribution in [0.2, 0.25) is 0 Å². The van der Waals surface area contributed by atoms with E-state index in [0.29, 0.717) is 35.4 Å². The number of rotatable bonds is 6. The molecular formula is C24H28F3N7O. The molecule has 3 aromatic rings. The van der Waals surface area contributed by atoms with Crippen LogP contribution >= 0.6 is 0 Å². The summed E-state index contributed by atoms with van der Waals surface area (Å²) in [6.45, 7) is 4.41. The maximum atomic E-state index is 14.9. The van der Waals surface area contributed by atoms with Crippen LogP contribution in [0.15, 0.2) is 35.6 Å². The molecule has 0 aliphatic carbocycles. The molecular weight excluding hydrogens is 459 g/mol. The average molecular weight is 488 g/mol. The first-order valence-electron chi connectivity index (χ1n) is 11.7. The number of nitrogens with zero attached hydrogens (tertiary/aromatic N) is 6. The van der Waals surface area contributed by atoms with E-state index in [0.717, 1.165) is 17.8 Å². The smallest absolute Gasteiger partial charge is 0.264 e. The number of aliphatic imine (C=N–C) groups is 1. The number of alkyl halides is 3. The maximum Gasteiger partial charge on any atom is 0.264 e. The van der Waals surface area contributed by atoms with Crippen molar-refractivity contribution in [3.05, 3.63) is 36.3 Å². The van der Waals surface area contributed by atoms with Crippen molar-refractivity contribution in [1.29, 1.82) is 0 Å². The molecule has 3 atom stereocenters. The molecule has 0 saturated carbocycles. The molecule has 5 heterocycles. The van der Waals surface area contributed by atoms with E-state index in [-0.39, 0.29) is 24.8 Å². The molecule has 5 rings (SSSR count). The minimum absolute atomic E-state index is 0.203. The van der Waals surface area contributed by atoms with Crippen LogP contribution in [0.5, 0.6) is 0 Å². The molecule has 0 spiro atoms. The summed E-state index contributed by atoms with van der Waals surface area (Å²) in [6, 6.07) is 5.49. The van der Waals surface area contributed by atoms with Gasteiger partial charge in [0, 0.05) is 42.9 Å². The predicted octanol–water partition coefficient (Wildman–Crippen LogP) is 4.80. The molecule has 1 fully saturated rings. The Morgan fingerprint density at radius 3 is 2.89 bits per heavy atom. The van der Waals surface area contributed by atoms with Gasteiger partial charge in [0.15, 0.2) is 0 Å². The van der Waals surface area contributed by atoms with Gasteiger partial charge in [-0.25, -0.2) is 28.2 Å². The Morgan fingerprint density at radius 2 is 2.11 bits per heavy atom. The van der Waals surface area contributed by atoms with Gasteiger partial charge in [0.25, 0.3) is 5.95 Å². The highest BCUT2D eigenvalue weighted by atomic mass is 19.3. The molecule has 35 heavy (non-hydrogen) atoms. The molecule has 8 nitrogen and oxygen atoms in total. The number of piperidine rings is 1. The molecule has 0 amide bonds. The number of hydrogen-bond donors (Lipinski definition) is 1. The molecule has 11 heteroatoms. The van der Waals surface area contributed by atoms with Crippen LogP contribution in [-0.2, 0) is 4.84 Å². The van der Waals surface area contributed by atoms with E-state index >= 15 is 0 Å². The van der Waals surface area contributed by atoms with E-state index in [1.165, 1.54) is 6.92 Å². The lowest BCUT2D eigenvalue weighted by atomic mass is 9.91. The summed E-state index contributed by atoms with van der Waals surface area (Å²) in [5.41, 5.74) is 5.36. The molecule has 0 bridgehead atoms. The first-order valence-corrected chi connectivity index (χ1v) is 11.7. The third-order valence-electron chi connectivity index (χ3n) is 6.61. The second kappa shape index (κ2) is 9.19. The molecule has 0 aromatic carbocycles. The van der Waals surface area contributed by atoms with Crippen molar-refractivity contribution < 1.29 is 18.0 Å². The number of halogens is 3. The standard InChI is InChI=1S/C24H28F3N7O/c1-14-10-15(11-21(25)26)22-18(29-14)5-4-17(30-22)16-6-9-34-19(16)12-28-23(31-34)32-35-20-7-8-33(3)13-24(20,2)27/h4-6,9,12,15,20-21H,7-8,10-11,13H2,1-3H3,(H,31,32)/t15?,20-,24?/m1/s1. The summed E-state index contributed by atoms with van der Waals surface area (Å²) in [4.78, 5) is 21.1. The predicted molar refractivity (Wildman–Crippen MR) is 127 cm³/mol. The van der Waals surface area contributed by atoms with Gasteiger partial charge in [-0.05, 0) is 51.9 Å². The summed E-state index contributed by atoms with van der Waals surface area (Å²) in [5.74, 6) is -0.170. The Morgan fingerprint density at radius 1 is 1.29 bits per heavy atom. The van der Waals surface area contributed by atoms with Crippen molar-refractivity contribution in [1.82, 2.24) is 24.5 Å². The van der Waals surface area contributed by atoms with E-state index in [9.17, 15) is 13.2 Å². The molecule has 2 unspecified atom stereocenters. The zero-order chi connectivity index (χ0) is 24.7. The molecule has 1 N–H and O–H groups in total. The summed E-state index contributed by atoms with van der Waals surface area (Å²) in [5, 5.41) is 4.41. The summed E-state index contributed by atoms with van der Waals surface area (Å²) in [6.07, 6.45) is 1.12. The number of pyridine rings is 1. The minimum atomic E-state index is -2.41. The highest BCUT2D eigenvalue weighted by molar-refractivity contribution is 5.88. The van der Waals surface area contributed by atoms with Gasteiger partial charge in [0.1, 0.15) is 11.8 Å². The van der Waals surface area contributed by atoms with Gasteiger partial charge in [-0.2, -0.15) is 0 Å². The number of nitrogens with one attached hydrogen (secondary N) is 1. The van der Waals surface area contributed by atoms with Gasteiger partial charge in [-0.3, -0.25) is 14.8 Å². The van der Waals surface area contributed by atoms with Crippen LogP contribution in [0.25, 0.3) is 16.8 Å². The molecule has 3 aromatic heterocycles. The van der Waals surface area contributed by atoms with Crippen molar-refractivity contribution >= 4 is 22.9 Å². The van der Waals surface area contributed by atoms with Crippen molar-refractivity contribution in [3.8, 4) is 11.3 Å². The highest BCUT2D eigenvalue weighted by Gasteiger charge is 2.40. The second-order valence-corrected chi connectivity index (χ2v) is 9.63. The van der Waals surface area contributed by atoms with Crippen LogP contribution in [0.1, 0.15) is 44.7 Å². The monoisotopic (exact) mass is 487 g/mol. The van der Waals surface area contributed by atoms with E-state index in [4.69, 9.17) is 9.82 Å². The van der Waals surface area contributed by atoms with Crippen molar-refractivity contribution in [2.45, 2.75) is 57.2 Å². The fraction of sp³-hybridized carbons (Fsp3) is 0.500. The zero-order valence-electron chi connectivity index (χ0n) is 19.9. The lowest BCUT2D eigenvalue weighted by molar-refractivity contribution is -0.0742. The molecule has 0 radical (unpaired) electrons.